The van der Waals surface area contributed by atoms with Crippen molar-refractivity contribution in [1.29, 1.82) is 0 Å². The van der Waals surface area contributed by atoms with Crippen molar-refractivity contribution in [3.05, 3.63) is 0 Å². The van der Waals surface area contributed by atoms with Crippen LogP contribution in [0.15, 0.2) is 0 Å². The van der Waals surface area contributed by atoms with Crippen LogP contribution in [-0.4, -0.2) is 228 Å². The van der Waals surface area contributed by atoms with Crippen LogP contribution in [-0.2, 0) is 57.5 Å². The summed E-state index contributed by atoms with van der Waals surface area (Å²) in [5, 5.41) is 11.1. The van der Waals surface area contributed by atoms with Crippen LogP contribution in [0, 0.1) is 35.5 Å². The minimum Gasteiger partial charge on any atom is -0.370 e. The Morgan fingerprint density at radius 2 is 0.862 bits per heavy atom. The van der Waals surface area contributed by atoms with Crippen molar-refractivity contribution < 1.29 is 57.5 Å². The van der Waals surface area contributed by atoms with Crippen molar-refractivity contribution in [2.45, 2.75) is 222 Å². The first kappa shape index (κ1) is 78.6. The number of carbonyl (C=O) groups is 12. The van der Waals surface area contributed by atoms with Gasteiger partial charge in [-0.25, -0.2) is 0 Å². The number of hydrogen-bond acceptors (Lipinski definition) is 13. The summed E-state index contributed by atoms with van der Waals surface area (Å²) in [6.07, 6.45) is 1.53. The predicted molar refractivity (Wildman–Crippen MR) is 334 cm³/mol. The van der Waals surface area contributed by atoms with Crippen molar-refractivity contribution in [3.63, 3.8) is 0 Å². The first-order chi connectivity index (χ1) is 40.3. The predicted octanol–water partition coefficient (Wildman–Crippen LogP) is 2.07. The zero-order valence-corrected chi connectivity index (χ0v) is 56.5. The Labute approximate surface area is 519 Å². The highest BCUT2D eigenvalue weighted by Gasteiger charge is 2.42. The van der Waals surface area contributed by atoms with Gasteiger partial charge in [0.15, 0.2) is 0 Å². The van der Waals surface area contributed by atoms with E-state index in [0.29, 0.717) is 19.3 Å². The third-order valence-corrected chi connectivity index (χ3v) is 15.9. The molecule has 0 aliphatic carbocycles. The maximum atomic E-state index is 15.0. The molecule has 0 bridgehead atoms. The van der Waals surface area contributed by atoms with E-state index >= 15 is 9.59 Å². The van der Waals surface area contributed by atoms with Crippen LogP contribution < -0.4 is 32.7 Å². The number of nitrogens with one attached hydrogen (secondary N) is 4. The van der Waals surface area contributed by atoms with Crippen molar-refractivity contribution in [3.8, 4) is 0 Å². The lowest BCUT2D eigenvalue weighted by atomic mass is 9.96. The van der Waals surface area contributed by atoms with E-state index in [1.807, 2.05) is 76.2 Å². The molecule has 0 aromatic heterocycles. The average Bonchev–Trinajstić information content (AvgIpc) is 1.42. The molecule has 0 aromatic rings. The van der Waals surface area contributed by atoms with Crippen LogP contribution in [0.2, 0.25) is 0 Å². The third-order valence-electron chi connectivity index (χ3n) is 15.9. The second-order valence-electron chi connectivity index (χ2n) is 26.4. The molecule has 25 heteroatoms. The summed E-state index contributed by atoms with van der Waals surface area (Å²) in [6.45, 7) is 24.6. The molecule has 8 N–H and O–H groups in total. The monoisotopic (exact) mass is 1230 g/mol. The van der Waals surface area contributed by atoms with E-state index in [1.54, 1.807) is 13.8 Å². The van der Waals surface area contributed by atoms with Crippen LogP contribution in [0.5, 0.6) is 0 Å². The highest BCUT2D eigenvalue weighted by molar-refractivity contribution is 5.99. The Morgan fingerprint density at radius 3 is 1.30 bits per heavy atom. The maximum absolute atomic E-state index is 15.0. The lowest BCUT2D eigenvalue weighted by molar-refractivity contribution is -0.153. The van der Waals surface area contributed by atoms with Gasteiger partial charge in [-0.15, -0.1) is 0 Å². The van der Waals surface area contributed by atoms with Gasteiger partial charge in [0.25, 0.3) is 0 Å². The van der Waals surface area contributed by atoms with Crippen LogP contribution >= 0.6 is 0 Å². The first-order valence-corrected chi connectivity index (χ1v) is 31.4. The Hall–Kier alpha value is -6.40. The lowest BCUT2D eigenvalue weighted by Gasteiger charge is -2.39. The van der Waals surface area contributed by atoms with E-state index in [0.717, 1.165) is 0 Å². The van der Waals surface area contributed by atoms with Gasteiger partial charge < -0.3 is 67.0 Å². The zero-order chi connectivity index (χ0) is 67.1. The largest absolute Gasteiger partial charge is 0.370 e. The Bertz CT molecular complexity index is 2330. The average molecular weight is 1230 g/mol. The van der Waals surface area contributed by atoms with Gasteiger partial charge in [0, 0.05) is 55.3 Å². The molecule has 25 nitrogen and oxygen atoms in total. The summed E-state index contributed by atoms with van der Waals surface area (Å²) in [4.78, 5) is 182. The topological polar surface area (TPSA) is 328 Å². The molecule has 9 atom stereocenters. The molecule has 0 radical (unpaired) electrons. The number of unbranched alkanes of at least 4 members (excludes halogenated alkanes) is 1. The fourth-order valence-corrected chi connectivity index (χ4v) is 10.6. The van der Waals surface area contributed by atoms with Crippen molar-refractivity contribution in [2.75, 3.05) is 68.5 Å². The number of rotatable bonds is 20. The molecule has 1 aliphatic heterocycles. The second kappa shape index (κ2) is 37.4. The van der Waals surface area contributed by atoms with E-state index < -0.39 is 144 Å². The normalized spacial score (nSPS) is 24.8. The summed E-state index contributed by atoms with van der Waals surface area (Å²) in [7, 11) is 8.65. The number of primary amides is 1. The molecule has 1 saturated heterocycles. The Morgan fingerprint density at radius 1 is 0.471 bits per heavy atom. The second-order valence-corrected chi connectivity index (χ2v) is 26.4. The molecule has 0 spiro atoms. The summed E-state index contributed by atoms with van der Waals surface area (Å²) in [5.74, 6) is -9.37. The molecule has 87 heavy (non-hydrogen) atoms. The van der Waals surface area contributed by atoms with Crippen molar-refractivity contribution >= 4 is 70.9 Å². The van der Waals surface area contributed by atoms with Gasteiger partial charge in [-0.3, -0.25) is 57.5 Å². The van der Waals surface area contributed by atoms with Crippen molar-refractivity contribution in [1.82, 2.24) is 55.6 Å². The molecule has 1 aliphatic rings. The summed E-state index contributed by atoms with van der Waals surface area (Å²) in [6, 6.07) is -10.9. The SMILES string of the molecule is CCC[C@@H]1NC(=O)[C@H](CC(C)C)N(C)C(=O)[C@H](CC(C)C)N(C)C(=O)[C@H](CC(C)C)N(C)C(=O)CN(CCCCN)C(=O)[C@@H](C)NC(=O)[C@@H](CCC(N)=O)NC(=O)[C@H](CC(C)C)N(C)C(=O)[C@H](C(C)C)NC(=O)[C@H](CC(C)C)N(C)C(=O)CN(C)C1=O. The highest BCUT2D eigenvalue weighted by atomic mass is 16.2. The van der Waals surface area contributed by atoms with Crippen LogP contribution in [0.1, 0.15) is 168 Å². The summed E-state index contributed by atoms with van der Waals surface area (Å²) < 4.78 is 0. The van der Waals surface area contributed by atoms with Crippen LogP contribution in [0.25, 0.3) is 0 Å². The molecule has 0 unspecified atom stereocenters. The van der Waals surface area contributed by atoms with E-state index in [9.17, 15) is 47.9 Å². The summed E-state index contributed by atoms with van der Waals surface area (Å²) in [5.41, 5.74) is 11.4. The highest BCUT2D eigenvalue weighted by Crippen LogP contribution is 2.23. The molecule has 0 aromatic carbocycles. The van der Waals surface area contributed by atoms with E-state index in [1.165, 1.54) is 83.5 Å². The molecule has 1 heterocycles. The van der Waals surface area contributed by atoms with Gasteiger partial charge in [-0.1, -0.05) is 96.4 Å². The van der Waals surface area contributed by atoms with Gasteiger partial charge in [0.05, 0.1) is 13.1 Å². The Kier molecular flexibility index (Phi) is 33.8. The molecule has 1 fully saturated rings. The molecule has 0 saturated carbocycles. The summed E-state index contributed by atoms with van der Waals surface area (Å²) >= 11 is 0. The standard InChI is InChI=1S/C62H113N13O12/c1-21-24-44-59(84)69(15)34-51(77)70(16)45(29-36(2)3)57(82)68-53(41(12)13)62(87)73(19)47(31-38(6)7)55(80)66-43(25-26-50(64)76)54(79)65-42(14)58(83)75(28-23-22-27-63)35-52(78)71(17)48(32-39(8)9)60(85)74(20)49(33-40(10)11)61(86)72(18)46(30-37(4)5)56(81)67-44/h36-49,53H,21-35,63H2,1-20H3,(H2,64,76)(H,65,79)(H,66,80)(H,67,81)(H,68,82)/t42-,43-,44+,45+,46+,47+,48+,49+,53+/m1/s1. The molecular formula is C62H113N13O12. The van der Waals surface area contributed by atoms with Crippen LogP contribution in [0.4, 0.5) is 0 Å². The first-order valence-electron chi connectivity index (χ1n) is 31.4. The Balaban J connectivity index is 4.34. The molecular weight excluding hydrogens is 1120 g/mol. The van der Waals surface area contributed by atoms with Gasteiger partial charge in [0.1, 0.15) is 54.4 Å². The van der Waals surface area contributed by atoms with Gasteiger partial charge in [-0.05, 0) is 107 Å². The molecule has 498 valence electrons. The fraction of sp³-hybridized carbons (Fsp3) is 0.806. The number of carbonyl (C=O) groups excluding carboxylic acids is 12. The lowest BCUT2D eigenvalue weighted by Crippen LogP contribution is -2.61. The minimum atomic E-state index is -1.46. The number of likely N-dealkylation sites (N-methyl/N-ethyl adjacent to an activating group) is 6. The smallest absolute Gasteiger partial charge is 0.245 e. The van der Waals surface area contributed by atoms with Gasteiger partial charge in [-0.2, -0.15) is 0 Å². The molecule has 12 amide bonds. The number of nitrogens with two attached hydrogens (primary N) is 2. The van der Waals surface area contributed by atoms with E-state index in [4.69, 9.17) is 11.5 Å². The zero-order valence-electron chi connectivity index (χ0n) is 56.5. The number of nitrogens with zero attached hydrogens (tertiary/aromatic N) is 7. The quantitative estimate of drug-likeness (QED) is 0.0953. The number of amides is 12. The third kappa shape index (κ3) is 25.0. The molecule has 1 rings (SSSR count). The van der Waals surface area contributed by atoms with E-state index in [-0.39, 0.29) is 94.0 Å². The van der Waals surface area contributed by atoms with Gasteiger partial charge >= 0.3 is 0 Å². The number of hydrogen-bond donors (Lipinski definition) is 6. The van der Waals surface area contributed by atoms with E-state index in [2.05, 4.69) is 21.3 Å². The fourth-order valence-electron chi connectivity index (χ4n) is 10.6. The minimum absolute atomic E-state index is 0.0229. The van der Waals surface area contributed by atoms with Crippen LogP contribution in [0.3, 0.4) is 0 Å². The maximum Gasteiger partial charge on any atom is 0.245 e. The van der Waals surface area contributed by atoms with Crippen molar-refractivity contribution in [2.24, 2.45) is 47.0 Å². The van der Waals surface area contributed by atoms with Gasteiger partial charge in [0.2, 0.25) is 70.9 Å².